The number of hydrogen-bond donors (Lipinski definition) is 1. The van der Waals surface area contributed by atoms with Crippen molar-refractivity contribution in [3.05, 3.63) is 12.2 Å². The molecule has 102 valence electrons. The molecule has 2 atom stereocenters. The Balaban J connectivity index is 2.47. The molecule has 1 aliphatic carbocycles. The van der Waals surface area contributed by atoms with E-state index in [9.17, 15) is 9.90 Å². The van der Waals surface area contributed by atoms with Gasteiger partial charge in [0.15, 0.2) is 5.79 Å². The highest BCUT2D eigenvalue weighted by Gasteiger charge is 2.63. The standard InChI is InChI=1S/C13H20O5/c1-9-4-5-10(14)12(2,11(15)16-3)13(8-9)17-6-7-18-13/h10,14H,1,4-8H2,2-3H3/t10-,12+/m1/s1. The van der Waals surface area contributed by atoms with Crippen molar-refractivity contribution in [2.45, 2.75) is 38.1 Å². The molecule has 0 aromatic carbocycles. The van der Waals surface area contributed by atoms with Crippen molar-refractivity contribution in [2.75, 3.05) is 20.3 Å². The molecule has 1 saturated heterocycles. The van der Waals surface area contributed by atoms with Gasteiger partial charge in [-0.25, -0.2) is 0 Å². The van der Waals surface area contributed by atoms with E-state index < -0.39 is 23.3 Å². The molecular formula is C13H20O5. The van der Waals surface area contributed by atoms with Gasteiger partial charge in [0.2, 0.25) is 0 Å². The summed E-state index contributed by atoms with van der Waals surface area (Å²) >= 11 is 0. The monoisotopic (exact) mass is 256 g/mol. The Labute approximate surface area is 107 Å². The van der Waals surface area contributed by atoms with Crippen LogP contribution in [0.5, 0.6) is 0 Å². The summed E-state index contributed by atoms with van der Waals surface area (Å²) in [6, 6.07) is 0. The second kappa shape index (κ2) is 4.64. The second-order valence-corrected chi connectivity index (χ2v) is 5.13. The van der Waals surface area contributed by atoms with Crippen LogP contribution in [0.1, 0.15) is 26.2 Å². The van der Waals surface area contributed by atoms with Crippen LogP contribution < -0.4 is 0 Å². The molecule has 0 aromatic heterocycles. The Hall–Kier alpha value is -0.910. The summed E-state index contributed by atoms with van der Waals surface area (Å²) in [6.45, 7) is 6.42. The zero-order valence-electron chi connectivity index (χ0n) is 10.9. The van der Waals surface area contributed by atoms with Gasteiger partial charge in [-0.15, -0.1) is 0 Å². The van der Waals surface area contributed by atoms with Crippen LogP contribution in [-0.2, 0) is 19.0 Å². The maximum absolute atomic E-state index is 12.1. The Morgan fingerprint density at radius 1 is 1.50 bits per heavy atom. The zero-order chi connectivity index (χ0) is 13.4. The van der Waals surface area contributed by atoms with Crippen LogP contribution >= 0.6 is 0 Å². The third-order valence-electron chi connectivity index (χ3n) is 4.07. The fourth-order valence-electron chi connectivity index (χ4n) is 2.84. The molecule has 0 unspecified atom stereocenters. The van der Waals surface area contributed by atoms with Crippen molar-refractivity contribution in [2.24, 2.45) is 5.41 Å². The summed E-state index contributed by atoms with van der Waals surface area (Å²) in [7, 11) is 1.31. The van der Waals surface area contributed by atoms with E-state index in [1.807, 2.05) is 0 Å². The van der Waals surface area contributed by atoms with Gasteiger partial charge in [0.25, 0.3) is 0 Å². The third-order valence-corrected chi connectivity index (χ3v) is 4.07. The molecule has 2 fully saturated rings. The van der Waals surface area contributed by atoms with Crippen LogP contribution in [0.3, 0.4) is 0 Å². The molecule has 1 spiro atoms. The topological polar surface area (TPSA) is 65.0 Å². The lowest BCUT2D eigenvalue weighted by Crippen LogP contribution is -2.58. The van der Waals surface area contributed by atoms with Crippen molar-refractivity contribution in [1.29, 1.82) is 0 Å². The molecule has 1 heterocycles. The van der Waals surface area contributed by atoms with Gasteiger partial charge >= 0.3 is 5.97 Å². The first kappa shape index (κ1) is 13.5. The quantitative estimate of drug-likeness (QED) is 0.560. The van der Waals surface area contributed by atoms with Crippen LogP contribution in [-0.4, -0.2) is 43.3 Å². The van der Waals surface area contributed by atoms with E-state index in [1.165, 1.54) is 7.11 Å². The van der Waals surface area contributed by atoms with Crippen LogP contribution in [0.4, 0.5) is 0 Å². The van der Waals surface area contributed by atoms with Gasteiger partial charge in [-0.1, -0.05) is 12.2 Å². The molecule has 5 nitrogen and oxygen atoms in total. The van der Waals surface area contributed by atoms with Gasteiger partial charge in [-0.2, -0.15) is 0 Å². The van der Waals surface area contributed by atoms with Gasteiger partial charge < -0.3 is 19.3 Å². The van der Waals surface area contributed by atoms with E-state index in [4.69, 9.17) is 14.2 Å². The van der Waals surface area contributed by atoms with Crippen LogP contribution in [0.25, 0.3) is 0 Å². The number of hydrogen-bond acceptors (Lipinski definition) is 5. The Bertz CT molecular complexity index is 358. The number of carbonyl (C=O) groups excluding carboxylic acids is 1. The first-order valence-electron chi connectivity index (χ1n) is 6.17. The maximum atomic E-state index is 12.1. The molecule has 5 heteroatoms. The van der Waals surface area contributed by atoms with E-state index >= 15 is 0 Å². The van der Waals surface area contributed by atoms with Gasteiger partial charge in [0.1, 0.15) is 5.41 Å². The molecule has 0 aromatic rings. The molecular weight excluding hydrogens is 236 g/mol. The van der Waals surface area contributed by atoms with Crippen molar-refractivity contribution in [3.63, 3.8) is 0 Å². The van der Waals surface area contributed by atoms with E-state index in [2.05, 4.69) is 6.58 Å². The highest BCUT2D eigenvalue weighted by atomic mass is 16.7. The number of methoxy groups -OCH3 is 1. The number of ether oxygens (including phenoxy) is 3. The van der Waals surface area contributed by atoms with Gasteiger partial charge in [0, 0.05) is 6.42 Å². The molecule has 1 N–H and O–H groups in total. The smallest absolute Gasteiger partial charge is 0.319 e. The molecule has 1 saturated carbocycles. The summed E-state index contributed by atoms with van der Waals surface area (Å²) in [6.07, 6.45) is 0.652. The average molecular weight is 256 g/mol. The summed E-state index contributed by atoms with van der Waals surface area (Å²) in [5.41, 5.74) is -0.305. The Morgan fingerprint density at radius 2 is 2.11 bits per heavy atom. The van der Waals surface area contributed by atoms with Crippen molar-refractivity contribution in [1.82, 2.24) is 0 Å². The van der Waals surface area contributed by atoms with E-state index in [0.717, 1.165) is 5.57 Å². The fraction of sp³-hybridized carbons (Fsp3) is 0.769. The van der Waals surface area contributed by atoms with E-state index in [-0.39, 0.29) is 0 Å². The molecule has 18 heavy (non-hydrogen) atoms. The number of carbonyl (C=O) groups is 1. The minimum atomic E-state index is -1.22. The molecule has 1 aliphatic heterocycles. The molecule has 2 aliphatic rings. The van der Waals surface area contributed by atoms with Crippen molar-refractivity contribution >= 4 is 5.97 Å². The predicted molar refractivity (Wildman–Crippen MR) is 63.8 cm³/mol. The summed E-state index contributed by atoms with van der Waals surface area (Å²) in [4.78, 5) is 12.1. The van der Waals surface area contributed by atoms with E-state index in [0.29, 0.717) is 32.5 Å². The summed E-state index contributed by atoms with van der Waals surface area (Å²) in [5.74, 6) is -1.65. The minimum Gasteiger partial charge on any atom is -0.468 e. The van der Waals surface area contributed by atoms with Crippen LogP contribution in [0.15, 0.2) is 12.2 Å². The normalized spacial score (nSPS) is 35.5. The lowest BCUT2D eigenvalue weighted by molar-refractivity contribution is -0.257. The van der Waals surface area contributed by atoms with Crippen molar-refractivity contribution < 1.29 is 24.1 Å². The lowest BCUT2D eigenvalue weighted by Gasteiger charge is -2.43. The highest BCUT2D eigenvalue weighted by Crippen LogP contribution is 2.49. The number of esters is 1. The van der Waals surface area contributed by atoms with Gasteiger partial charge in [-0.3, -0.25) is 4.79 Å². The highest BCUT2D eigenvalue weighted by molar-refractivity contribution is 5.78. The zero-order valence-corrected chi connectivity index (χ0v) is 10.9. The molecule has 0 amide bonds. The predicted octanol–water partition coefficient (Wildman–Crippen LogP) is 1.01. The first-order valence-corrected chi connectivity index (χ1v) is 6.17. The number of aliphatic hydroxyl groups is 1. The van der Waals surface area contributed by atoms with Crippen LogP contribution in [0, 0.1) is 5.41 Å². The SMILES string of the molecule is C=C1CC[C@@H](O)[C@@](C)(C(=O)OC)C2(C1)OCCO2. The van der Waals surface area contributed by atoms with Crippen molar-refractivity contribution in [3.8, 4) is 0 Å². The first-order chi connectivity index (χ1) is 8.46. The minimum absolute atomic E-state index is 0.409. The summed E-state index contributed by atoms with van der Waals surface area (Å²) < 4.78 is 16.2. The molecule has 0 radical (unpaired) electrons. The lowest BCUT2D eigenvalue weighted by atomic mass is 9.74. The Morgan fingerprint density at radius 3 is 2.67 bits per heavy atom. The van der Waals surface area contributed by atoms with Crippen LogP contribution in [0.2, 0.25) is 0 Å². The molecule has 0 bridgehead atoms. The largest absolute Gasteiger partial charge is 0.468 e. The summed E-state index contributed by atoms with van der Waals surface area (Å²) in [5, 5.41) is 10.4. The number of aliphatic hydroxyl groups excluding tert-OH is 1. The number of rotatable bonds is 1. The van der Waals surface area contributed by atoms with Gasteiger partial charge in [0.05, 0.1) is 26.4 Å². The Kier molecular flexibility index (Phi) is 3.49. The van der Waals surface area contributed by atoms with E-state index in [1.54, 1.807) is 6.92 Å². The molecule has 2 rings (SSSR count). The third kappa shape index (κ3) is 1.77. The average Bonchev–Trinajstić information content (AvgIpc) is 2.80. The fourth-order valence-corrected chi connectivity index (χ4v) is 2.84. The second-order valence-electron chi connectivity index (χ2n) is 5.13. The van der Waals surface area contributed by atoms with Gasteiger partial charge in [-0.05, 0) is 19.8 Å². The maximum Gasteiger partial charge on any atom is 0.319 e.